The molecule has 3 N–H and O–H groups in total. The van der Waals surface area contributed by atoms with Crippen molar-refractivity contribution in [1.29, 1.82) is 0 Å². The average molecular weight is 286 g/mol. The highest BCUT2D eigenvalue weighted by Gasteiger charge is 2.08. The molecule has 1 heterocycles. The van der Waals surface area contributed by atoms with Crippen LogP contribution in [-0.2, 0) is 0 Å². The highest BCUT2D eigenvalue weighted by molar-refractivity contribution is 6.34. The van der Waals surface area contributed by atoms with Crippen LogP contribution in [0, 0.1) is 11.8 Å². The van der Waals surface area contributed by atoms with Gasteiger partial charge < -0.3 is 11.1 Å². The van der Waals surface area contributed by atoms with Gasteiger partial charge in [0, 0.05) is 23.5 Å². The molecule has 0 atom stereocenters. The Kier molecular flexibility index (Phi) is 4.72. The second-order valence-electron chi connectivity index (χ2n) is 3.89. The average Bonchev–Trinajstić information content (AvgIpc) is 2.49. The number of hydrogen-bond acceptors (Lipinski definition) is 3. The van der Waals surface area contributed by atoms with E-state index in [1.807, 2.05) is 0 Å². The first kappa shape index (κ1) is 14.1. The minimum absolute atomic E-state index is 0.252. The lowest BCUT2D eigenvalue weighted by molar-refractivity contribution is 0.102. The summed E-state index contributed by atoms with van der Waals surface area (Å²) in [5, 5.41) is 3.20. The minimum Gasteiger partial charge on any atom is -0.321 e. The van der Waals surface area contributed by atoms with Crippen LogP contribution in [0.1, 0.15) is 15.9 Å². The zero-order chi connectivity index (χ0) is 14.4. The summed E-state index contributed by atoms with van der Waals surface area (Å²) in [6.45, 7) is 0.279. The van der Waals surface area contributed by atoms with Crippen molar-refractivity contribution in [2.24, 2.45) is 5.73 Å². The van der Waals surface area contributed by atoms with Crippen molar-refractivity contribution >= 4 is 23.2 Å². The second-order valence-corrected chi connectivity index (χ2v) is 4.30. The number of pyridine rings is 1. The summed E-state index contributed by atoms with van der Waals surface area (Å²) in [5.41, 5.74) is 7.09. The standard InChI is InChI=1S/C15H12ClN3O/c16-13-4-3-11(2-1-7-17)10-14(13)19-15(20)12-5-8-18-9-6-12/h3-6,8-10H,7,17H2,(H,19,20). The summed E-state index contributed by atoms with van der Waals surface area (Å²) in [6.07, 6.45) is 3.11. The minimum atomic E-state index is -0.252. The molecule has 2 rings (SSSR count). The van der Waals surface area contributed by atoms with Crippen LogP contribution in [0.15, 0.2) is 42.7 Å². The fraction of sp³-hybridized carbons (Fsp3) is 0.0667. The van der Waals surface area contributed by atoms with Crippen molar-refractivity contribution in [3.8, 4) is 11.8 Å². The number of halogens is 1. The van der Waals surface area contributed by atoms with Gasteiger partial charge in [-0.15, -0.1) is 0 Å². The topological polar surface area (TPSA) is 68.0 Å². The van der Waals surface area contributed by atoms with Crippen molar-refractivity contribution in [2.45, 2.75) is 0 Å². The third kappa shape index (κ3) is 3.58. The third-order valence-corrected chi connectivity index (χ3v) is 2.82. The van der Waals surface area contributed by atoms with Gasteiger partial charge in [0.2, 0.25) is 0 Å². The quantitative estimate of drug-likeness (QED) is 0.832. The van der Waals surface area contributed by atoms with Crippen LogP contribution in [0.3, 0.4) is 0 Å². The Hall–Kier alpha value is -2.35. The van der Waals surface area contributed by atoms with E-state index in [9.17, 15) is 4.79 Å². The molecule has 0 unspecified atom stereocenters. The Morgan fingerprint density at radius 3 is 2.75 bits per heavy atom. The van der Waals surface area contributed by atoms with Gasteiger partial charge in [-0.3, -0.25) is 9.78 Å². The molecule has 0 saturated carbocycles. The number of carbonyl (C=O) groups is 1. The van der Waals surface area contributed by atoms with E-state index >= 15 is 0 Å². The lowest BCUT2D eigenvalue weighted by atomic mass is 10.2. The first-order valence-electron chi connectivity index (χ1n) is 5.90. The largest absolute Gasteiger partial charge is 0.321 e. The van der Waals surface area contributed by atoms with Crippen LogP contribution in [0.2, 0.25) is 5.02 Å². The van der Waals surface area contributed by atoms with Crippen LogP contribution in [0.25, 0.3) is 0 Å². The normalized spacial score (nSPS) is 9.50. The zero-order valence-electron chi connectivity index (χ0n) is 10.6. The number of hydrogen-bond donors (Lipinski definition) is 2. The molecule has 100 valence electrons. The van der Waals surface area contributed by atoms with Crippen LogP contribution < -0.4 is 11.1 Å². The van der Waals surface area contributed by atoms with E-state index in [4.69, 9.17) is 17.3 Å². The molecule has 0 bridgehead atoms. The van der Waals surface area contributed by atoms with Gasteiger partial charge in [0.1, 0.15) is 0 Å². The maximum atomic E-state index is 12.0. The number of aromatic nitrogens is 1. The number of nitrogens with one attached hydrogen (secondary N) is 1. The van der Waals surface area contributed by atoms with Crippen molar-refractivity contribution in [3.63, 3.8) is 0 Å². The Morgan fingerprint density at radius 1 is 1.30 bits per heavy atom. The summed E-state index contributed by atoms with van der Waals surface area (Å²) in [7, 11) is 0. The maximum absolute atomic E-state index is 12.0. The highest BCUT2D eigenvalue weighted by Crippen LogP contribution is 2.23. The Bertz CT molecular complexity index is 675. The van der Waals surface area contributed by atoms with Gasteiger partial charge in [0.25, 0.3) is 5.91 Å². The number of benzene rings is 1. The number of amides is 1. The molecule has 0 aliphatic carbocycles. The van der Waals surface area contributed by atoms with E-state index in [1.54, 1.807) is 42.7 Å². The molecule has 0 aliphatic rings. The van der Waals surface area contributed by atoms with Gasteiger partial charge in [0.15, 0.2) is 0 Å². The van der Waals surface area contributed by atoms with Crippen LogP contribution in [-0.4, -0.2) is 17.4 Å². The molecule has 0 aliphatic heterocycles. The van der Waals surface area contributed by atoms with E-state index in [2.05, 4.69) is 22.1 Å². The van der Waals surface area contributed by atoms with Crippen molar-refractivity contribution in [3.05, 3.63) is 58.9 Å². The van der Waals surface area contributed by atoms with Gasteiger partial charge >= 0.3 is 0 Å². The second kappa shape index (κ2) is 6.71. The summed E-state index contributed by atoms with van der Waals surface area (Å²) in [6, 6.07) is 8.42. The summed E-state index contributed by atoms with van der Waals surface area (Å²) in [5.74, 6) is 5.39. The number of rotatable bonds is 2. The lowest BCUT2D eigenvalue weighted by Gasteiger charge is -2.07. The Morgan fingerprint density at radius 2 is 2.05 bits per heavy atom. The fourth-order valence-corrected chi connectivity index (χ4v) is 1.71. The van der Waals surface area contributed by atoms with E-state index in [0.717, 1.165) is 5.56 Å². The highest BCUT2D eigenvalue weighted by atomic mass is 35.5. The first-order chi connectivity index (χ1) is 9.70. The number of carbonyl (C=O) groups excluding carboxylic acids is 1. The summed E-state index contributed by atoms with van der Waals surface area (Å²) < 4.78 is 0. The van der Waals surface area contributed by atoms with Crippen molar-refractivity contribution < 1.29 is 4.79 Å². The molecule has 1 amide bonds. The van der Waals surface area contributed by atoms with E-state index in [0.29, 0.717) is 16.3 Å². The molecular weight excluding hydrogens is 274 g/mol. The Labute approximate surface area is 122 Å². The summed E-state index contributed by atoms with van der Waals surface area (Å²) in [4.78, 5) is 15.9. The number of nitrogens with zero attached hydrogens (tertiary/aromatic N) is 1. The van der Waals surface area contributed by atoms with Crippen LogP contribution >= 0.6 is 11.6 Å². The predicted molar refractivity (Wildman–Crippen MR) is 79.6 cm³/mol. The molecular formula is C15H12ClN3O. The fourth-order valence-electron chi connectivity index (χ4n) is 1.55. The molecule has 0 fully saturated rings. The molecule has 1 aromatic heterocycles. The molecule has 0 saturated heterocycles. The lowest BCUT2D eigenvalue weighted by Crippen LogP contribution is -2.12. The van der Waals surface area contributed by atoms with E-state index in [-0.39, 0.29) is 12.5 Å². The van der Waals surface area contributed by atoms with Crippen LogP contribution in [0.4, 0.5) is 5.69 Å². The molecule has 20 heavy (non-hydrogen) atoms. The van der Waals surface area contributed by atoms with E-state index < -0.39 is 0 Å². The van der Waals surface area contributed by atoms with Gasteiger partial charge in [-0.2, -0.15) is 0 Å². The van der Waals surface area contributed by atoms with Gasteiger partial charge in [-0.05, 0) is 30.3 Å². The molecule has 0 spiro atoms. The van der Waals surface area contributed by atoms with Gasteiger partial charge in [0.05, 0.1) is 17.3 Å². The first-order valence-corrected chi connectivity index (χ1v) is 6.28. The molecule has 0 radical (unpaired) electrons. The summed E-state index contributed by atoms with van der Waals surface area (Å²) >= 11 is 6.06. The zero-order valence-corrected chi connectivity index (χ0v) is 11.3. The maximum Gasteiger partial charge on any atom is 0.255 e. The molecule has 4 nitrogen and oxygen atoms in total. The van der Waals surface area contributed by atoms with Gasteiger partial charge in [-0.25, -0.2) is 0 Å². The molecule has 5 heteroatoms. The SMILES string of the molecule is NCC#Cc1ccc(Cl)c(NC(=O)c2ccncc2)c1. The smallest absolute Gasteiger partial charge is 0.255 e. The predicted octanol–water partition coefficient (Wildman–Crippen LogP) is 2.30. The number of anilines is 1. The molecule has 2 aromatic rings. The van der Waals surface area contributed by atoms with Crippen molar-refractivity contribution in [2.75, 3.05) is 11.9 Å². The monoisotopic (exact) mass is 285 g/mol. The molecule has 1 aromatic carbocycles. The Balaban J connectivity index is 2.22. The van der Waals surface area contributed by atoms with Gasteiger partial charge in [-0.1, -0.05) is 23.4 Å². The van der Waals surface area contributed by atoms with E-state index in [1.165, 1.54) is 0 Å². The number of nitrogens with two attached hydrogens (primary N) is 1. The van der Waals surface area contributed by atoms with Crippen LogP contribution in [0.5, 0.6) is 0 Å². The van der Waals surface area contributed by atoms with Crippen molar-refractivity contribution in [1.82, 2.24) is 4.98 Å². The third-order valence-electron chi connectivity index (χ3n) is 2.49.